The van der Waals surface area contributed by atoms with Gasteiger partial charge in [-0.15, -0.1) is 0 Å². The summed E-state index contributed by atoms with van der Waals surface area (Å²) in [7, 11) is 0. The predicted octanol–water partition coefficient (Wildman–Crippen LogP) is 3.01. The zero-order valence-electron chi connectivity index (χ0n) is 11.9. The van der Waals surface area contributed by atoms with Gasteiger partial charge in [-0.05, 0) is 12.0 Å². The molecule has 4 rings (SSSR count). The Kier molecular flexibility index (Phi) is 3.37. The first-order chi connectivity index (χ1) is 9.16. The molecule has 0 atom stereocenters. The van der Waals surface area contributed by atoms with E-state index in [-0.39, 0.29) is 5.41 Å². The average Bonchev–Trinajstić information content (AvgIpc) is 2.42. The molecule has 3 nitrogen and oxygen atoms in total. The van der Waals surface area contributed by atoms with E-state index >= 15 is 0 Å². The van der Waals surface area contributed by atoms with Crippen LogP contribution in [0, 0.1) is 5.41 Å². The lowest BCUT2D eigenvalue weighted by Crippen LogP contribution is -2.67. The van der Waals surface area contributed by atoms with Crippen LogP contribution < -0.4 is 0 Å². The van der Waals surface area contributed by atoms with E-state index in [1.165, 1.54) is 5.56 Å². The van der Waals surface area contributed by atoms with Crippen LogP contribution in [-0.4, -0.2) is 30.6 Å². The molecule has 3 saturated heterocycles. The topological polar surface area (TPSA) is 21.7 Å². The van der Waals surface area contributed by atoms with Gasteiger partial charge in [-0.25, -0.2) is 4.90 Å². The van der Waals surface area contributed by atoms with Crippen molar-refractivity contribution >= 4 is 0 Å². The van der Waals surface area contributed by atoms with Crippen molar-refractivity contribution in [2.24, 2.45) is 5.41 Å². The molecule has 3 heteroatoms. The molecule has 3 fully saturated rings. The highest BCUT2D eigenvalue weighted by molar-refractivity contribution is 5.15. The van der Waals surface area contributed by atoms with Crippen molar-refractivity contribution in [3.05, 3.63) is 35.9 Å². The van der Waals surface area contributed by atoms with E-state index in [1.807, 2.05) is 0 Å². The SMILES string of the molecule is CCCC12OCC(C)(CO1)CN2Cc1ccccc1. The van der Waals surface area contributed by atoms with Crippen LogP contribution >= 0.6 is 0 Å². The van der Waals surface area contributed by atoms with Crippen LogP contribution in [0.3, 0.4) is 0 Å². The zero-order valence-corrected chi connectivity index (χ0v) is 11.9. The van der Waals surface area contributed by atoms with Crippen molar-refractivity contribution in [3.63, 3.8) is 0 Å². The molecule has 19 heavy (non-hydrogen) atoms. The van der Waals surface area contributed by atoms with Crippen LogP contribution in [-0.2, 0) is 16.0 Å². The molecular weight excluding hydrogens is 238 g/mol. The van der Waals surface area contributed by atoms with Gasteiger partial charge in [0.2, 0.25) is 5.91 Å². The Balaban J connectivity index is 1.81. The Morgan fingerprint density at radius 2 is 1.84 bits per heavy atom. The van der Waals surface area contributed by atoms with E-state index in [9.17, 15) is 0 Å². The van der Waals surface area contributed by atoms with Crippen molar-refractivity contribution in [2.45, 2.75) is 39.1 Å². The van der Waals surface area contributed by atoms with Gasteiger partial charge < -0.3 is 9.47 Å². The van der Waals surface area contributed by atoms with Crippen LogP contribution in [0.4, 0.5) is 0 Å². The lowest BCUT2D eigenvalue weighted by atomic mass is 9.87. The third-order valence-electron chi connectivity index (χ3n) is 4.13. The number of hydrogen-bond acceptors (Lipinski definition) is 3. The summed E-state index contributed by atoms with van der Waals surface area (Å²) in [4.78, 5) is 2.37. The summed E-state index contributed by atoms with van der Waals surface area (Å²) >= 11 is 0. The van der Waals surface area contributed by atoms with E-state index in [1.54, 1.807) is 0 Å². The molecule has 0 aliphatic carbocycles. The first-order valence-corrected chi connectivity index (χ1v) is 7.23. The van der Waals surface area contributed by atoms with Crippen molar-refractivity contribution in [1.29, 1.82) is 0 Å². The highest BCUT2D eigenvalue weighted by atomic mass is 16.7. The lowest BCUT2D eigenvalue weighted by Gasteiger charge is -2.57. The summed E-state index contributed by atoms with van der Waals surface area (Å²) in [5.74, 6) is -0.484. The molecule has 2 bridgehead atoms. The summed E-state index contributed by atoms with van der Waals surface area (Å²) in [5, 5.41) is 0. The first kappa shape index (κ1) is 13.1. The second-order valence-electron chi connectivity index (χ2n) is 6.19. The number of hydrogen-bond donors (Lipinski definition) is 0. The van der Waals surface area contributed by atoms with Gasteiger partial charge in [0, 0.05) is 24.9 Å². The number of benzene rings is 1. The fourth-order valence-corrected chi connectivity index (χ4v) is 3.11. The van der Waals surface area contributed by atoms with Gasteiger partial charge in [-0.1, -0.05) is 44.2 Å². The van der Waals surface area contributed by atoms with E-state index in [2.05, 4.69) is 49.1 Å². The van der Waals surface area contributed by atoms with E-state index in [4.69, 9.17) is 9.47 Å². The predicted molar refractivity (Wildman–Crippen MR) is 74.5 cm³/mol. The second kappa shape index (κ2) is 4.89. The van der Waals surface area contributed by atoms with E-state index in [0.717, 1.165) is 39.1 Å². The molecule has 0 unspecified atom stereocenters. The van der Waals surface area contributed by atoms with E-state index < -0.39 is 5.91 Å². The summed E-state index contributed by atoms with van der Waals surface area (Å²) in [6, 6.07) is 10.6. The summed E-state index contributed by atoms with van der Waals surface area (Å²) in [6.45, 7) is 8.03. The highest BCUT2D eigenvalue weighted by Gasteiger charge is 2.53. The normalized spacial score (nSPS) is 34.6. The van der Waals surface area contributed by atoms with Crippen molar-refractivity contribution < 1.29 is 9.47 Å². The van der Waals surface area contributed by atoms with Crippen molar-refractivity contribution in [2.75, 3.05) is 19.8 Å². The standard InChI is InChI=1S/C16H23NO2/c1-3-9-16-17(10-14-7-5-4-6-8-14)11-15(2,12-18-16)13-19-16/h4-8H,3,9-13H2,1-2H3. The minimum atomic E-state index is -0.484. The number of ether oxygens (including phenoxy) is 2. The summed E-state index contributed by atoms with van der Waals surface area (Å²) in [6.07, 6.45) is 2.01. The molecule has 1 aromatic rings. The fraction of sp³-hybridized carbons (Fsp3) is 0.625. The molecular formula is C16H23NO2. The molecule has 3 heterocycles. The van der Waals surface area contributed by atoms with E-state index in [0.29, 0.717) is 0 Å². The largest absolute Gasteiger partial charge is 0.336 e. The van der Waals surface area contributed by atoms with Crippen LogP contribution in [0.1, 0.15) is 32.3 Å². The minimum absolute atomic E-state index is 0.143. The molecule has 3 aliphatic heterocycles. The Morgan fingerprint density at radius 3 is 2.47 bits per heavy atom. The maximum absolute atomic E-state index is 6.10. The van der Waals surface area contributed by atoms with Gasteiger partial charge in [0.25, 0.3) is 0 Å². The van der Waals surface area contributed by atoms with Crippen LogP contribution in [0.25, 0.3) is 0 Å². The van der Waals surface area contributed by atoms with Crippen LogP contribution in [0.15, 0.2) is 30.3 Å². The Labute approximate surface area is 115 Å². The van der Waals surface area contributed by atoms with Gasteiger partial charge in [0.1, 0.15) is 0 Å². The maximum atomic E-state index is 6.10. The van der Waals surface area contributed by atoms with Gasteiger partial charge in [-0.3, -0.25) is 0 Å². The van der Waals surface area contributed by atoms with Gasteiger partial charge in [0.15, 0.2) is 0 Å². The number of nitrogens with zero attached hydrogens (tertiary/aromatic N) is 1. The molecule has 1 aromatic carbocycles. The van der Waals surface area contributed by atoms with Gasteiger partial charge in [-0.2, -0.15) is 0 Å². The molecule has 0 N–H and O–H groups in total. The maximum Gasteiger partial charge on any atom is 0.230 e. The monoisotopic (exact) mass is 261 g/mol. The Bertz CT molecular complexity index is 424. The molecule has 3 aliphatic rings. The minimum Gasteiger partial charge on any atom is -0.336 e. The number of rotatable bonds is 4. The highest BCUT2D eigenvalue weighted by Crippen LogP contribution is 2.43. The summed E-state index contributed by atoms with van der Waals surface area (Å²) in [5.41, 5.74) is 1.46. The first-order valence-electron chi connectivity index (χ1n) is 7.23. The lowest BCUT2D eigenvalue weighted by molar-refractivity contribution is -0.411. The second-order valence-corrected chi connectivity index (χ2v) is 6.19. The van der Waals surface area contributed by atoms with Crippen LogP contribution in [0.5, 0.6) is 0 Å². The average molecular weight is 261 g/mol. The Hall–Kier alpha value is -0.900. The molecule has 0 amide bonds. The third kappa shape index (κ3) is 2.42. The quantitative estimate of drug-likeness (QED) is 0.831. The molecule has 0 radical (unpaired) electrons. The van der Waals surface area contributed by atoms with Crippen molar-refractivity contribution in [3.8, 4) is 0 Å². The number of fused-ring (bicyclic) bond motifs is 3. The summed E-state index contributed by atoms with van der Waals surface area (Å²) < 4.78 is 12.2. The smallest absolute Gasteiger partial charge is 0.230 e. The van der Waals surface area contributed by atoms with Gasteiger partial charge in [0.05, 0.1) is 13.2 Å². The molecule has 0 aromatic heterocycles. The third-order valence-corrected chi connectivity index (χ3v) is 4.13. The molecule has 0 spiro atoms. The van der Waals surface area contributed by atoms with Crippen molar-refractivity contribution in [1.82, 2.24) is 4.90 Å². The molecule has 0 saturated carbocycles. The Morgan fingerprint density at radius 1 is 1.16 bits per heavy atom. The molecule has 104 valence electrons. The fourth-order valence-electron chi connectivity index (χ4n) is 3.11. The van der Waals surface area contributed by atoms with Crippen LogP contribution in [0.2, 0.25) is 0 Å². The zero-order chi connectivity index (χ0) is 13.3. The van der Waals surface area contributed by atoms with Gasteiger partial charge >= 0.3 is 0 Å².